The van der Waals surface area contributed by atoms with Crippen LogP contribution >= 0.6 is 0 Å². The van der Waals surface area contributed by atoms with Gasteiger partial charge in [0, 0.05) is 5.56 Å². The number of ether oxygens (including phenoxy) is 1. The third-order valence-electron chi connectivity index (χ3n) is 4.74. The molecule has 1 amide bonds. The first-order valence-corrected chi connectivity index (χ1v) is 9.98. The van der Waals surface area contributed by atoms with E-state index in [0.717, 1.165) is 11.1 Å². The molecule has 6 heteroatoms. The van der Waals surface area contributed by atoms with Crippen molar-refractivity contribution in [3.8, 4) is 11.5 Å². The van der Waals surface area contributed by atoms with E-state index in [1.165, 1.54) is 24.4 Å². The zero-order valence-electron chi connectivity index (χ0n) is 17.4. The Labute approximate surface area is 186 Å². The van der Waals surface area contributed by atoms with Crippen LogP contribution in [0.25, 0.3) is 6.08 Å². The second-order valence-electron chi connectivity index (χ2n) is 6.92. The highest BCUT2D eigenvalue weighted by Gasteiger charge is 2.30. The van der Waals surface area contributed by atoms with Crippen molar-refractivity contribution < 1.29 is 14.6 Å². The number of hydrogen-bond acceptors (Lipinski definition) is 5. The lowest BCUT2D eigenvalue weighted by molar-refractivity contribution is -0.122. The second-order valence-corrected chi connectivity index (χ2v) is 6.92. The molecule has 0 radical (unpaired) electrons. The maximum atomic E-state index is 13.1. The maximum Gasteiger partial charge on any atom is 0.298 e. The van der Waals surface area contributed by atoms with Crippen LogP contribution in [0.2, 0.25) is 0 Å². The number of phenolic OH excluding ortho intramolecular Hbond substituents is 1. The monoisotopic (exact) mass is 423 g/mol. The molecule has 32 heavy (non-hydrogen) atoms. The molecule has 0 aliphatic carbocycles. The van der Waals surface area contributed by atoms with Gasteiger partial charge in [0.25, 0.3) is 5.91 Å². The smallest absolute Gasteiger partial charge is 0.298 e. The lowest BCUT2D eigenvalue weighted by Gasteiger charge is -2.12. The van der Waals surface area contributed by atoms with Crippen LogP contribution in [0.4, 0.5) is 0 Å². The number of carbonyl (C=O) groups is 1. The molecule has 0 atom stereocenters. The number of amidine groups is 1. The lowest BCUT2D eigenvalue weighted by Crippen LogP contribution is -2.27. The van der Waals surface area contributed by atoms with Crippen LogP contribution in [-0.2, 0) is 4.79 Å². The van der Waals surface area contributed by atoms with Crippen LogP contribution in [0.3, 0.4) is 0 Å². The van der Waals surface area contributed by atoms with Gasteiger partial charge in [-0.25, -0.2) is 4.99 Å². The largest absolute Gasteiger partial charge is 0.504 e. The summed E-state index contributed by atoms with van der Waals surface area (Å²) in [6, 6.07) is 24.1. The van der Waals surface area contributed by atoms with Crippen LogP contribution in [0, 0.1) is 0 Å². The third-order valence-corrected chi connectivity index (χ3v) is 4.74. The van der Waals surface area contributed by atoms with Crippen molar-refractivity contribution in [3.63, 3.8) is 0 Å². The Morgan fingerprint density at radius 3 is 2.41 bits per heavy atom. The normalized spacial score (nSPS) is 15.2. The van der Waals surface area contributed by atoms with Crippen molar-refractivity contribution in [2.75, 3.05) is 7.11 Å². The van der Waals surface area contributed by atoms with E-state index in [9.17, 15) is 9.90 Å². The van der Waals surface area contributed by atoms with Gasteiger partial charge in [0.1, 0.15) is 5.70 Å². The molecule has 3 aromatic rings. The third kappa shape index (κ3) is 4.65. The van der Waals surface area contributed by atoms with Gasteiger partial charge in [-0.15, -0.1) is 0 Å². The average Bonchev–Trinajstić information content (AvgIpc) is 3.15. The van der Waals surface area contributed by atoms with E-state index in [1.54, 1.807) is 24.3 Å². The second kappa shape index (κ2) is 9.57. The standard InChI is InChI=1S/C26H21N3O3/c1-32-24-17-20(15-16-23(24)30)18-27-29-25(21-12-6-3-7-13-21)28-22(26(29)31)14-8-11-19-9-4-2-5-10-19/h2-18,30H,1H3/b11-8+,22-14+,27-18+. The van der Waals surface area contributed by atoms with E-state index in [4.69, 9.17) is 4.74 Å². The predicted molar refractivity (Wildman–Crippen MR) is 126 cm³/mol. The molecule has 6 nitrogen and oxygen atoms in total. The van der Waals surface area contributed by atoms with Crippen molar-refractivity contribution >= 4 is 24.0 Å². The summed E-state index contributed by atoms with van der Waals surface area (Å²) >= 11 is 0. The fraction of sp³-hybridized carbons (Fsp3) is 0.0385. The summed E-state index contributed by atoms with van der Waals surface area (Å²) in [6.07, 6.45) is 6.91. The maximum absolute atomic E-state index is 13.1. The predicted octanol–water partition coefficient (Wildman–Crippen LogP) is 4.62. The molecule has 0 saturated carbocycles. The van der Waals surface area contributed by atoms with Gasteiger partial charge in [0.15, 0.2) is 17.3 Å². The highest BCUT2D eigenvalue weighted by atomic mass is 16.5. The SMILES string of the molecule is COc1cc(/C=N/N2C(=O)/C(=C\C=C\c3ccccc3)N=C2c2ccccc2)ccc1O. The molecule has 1 aliphatic heterocycles. The summed E-state index contributed by atoms with van der Waals surface area (Å²) in [7, 11) is 1.47. The first-order valence-electron chi connectivity index (χ1n) is 9.98. The molecule has 4 rings (SSSR count). The molecular weight excluding hydrogens is 402 g/mol. The molecule has 0 spiro atoms. The molecule has 3 aromatic carbocycles. The number of carbonyl (C=O) groups excluding carboxylic acids is 1. The van der Waals surface area contributed by atoms with Crippen molar-refractivity contribution in [1.29, 1.82) is 0 Å². The van der Waals surface area contributed by atoms with Crippen molar-refractivity contribution in [2.45, 2.75) is 0 Å². The van der Waals surface area contributed by atoms with Gasteiger partial charge in [0.05, 0.1) is 13.3 Å². The van der Waals surface area contributed by atoms with Gasteiger partial charge >= 0.3 is 0 Å². The summed E-state index contributed by atoms with van der Waals surface area (Å²) in [5, 5.41) is 15.4. The van der Waals surface area contributed by atoms with Gasteiger partial charge in [0.2, 0.25) is 0 Å². The number of rotatable bonds is 6. The van der Waals surface area contributed by atoms with Gasteiger partial charge in [-0.2, -0.15) is 10.1 Å². The lowest BCUT2D eigenvalue weighted by atomic mass is 10.2. The van der Waals surface area contributed by atoms with Crippen LogP contribution < -0.4 is 4.74 Å². The van der Waals surface area contributed by atoms with Gasteiger partial charge in [-0.05, 0) is 35.4 Å². The number of hydrazone groups is 1. The van der Waals surface area contributed by atoms with Crippen molar-refractivity contribution in [2.24, 2.45) is 10.1 Å². The van der Waals surface area contributed by atoms with Gasteiger partial charge < -0.3 is 9.84 Å². The molecule has 0 fully saturated rings. The Balaban J connectivity index is 1.64. The van der Waals surface area contributed by atoms with E-state index < -0.39 is 0 Å². The number of methoxy groups -OCH3 is 1. The highest BCUT2D eigenvalue weighted by molar-refractivity contribution is 6.18. The molecular formula is C26H21N3O3. The Hall–Kier alpha value is -4.45. The molecule has 1 heterocycles. The van der Waals surface area contributed by atoms with E-state index in [1.807, 2.05) is 66.7 Å². The minimum atomic E-state index is -0.330. The van der Waals surface area contributed by atoms with E-state index in [-0.39, 0.29) is 17.4 Å². The molecule has 158 valence electrons. The zero-order chi connectivity index (χ0) is 22.3. The summed E-state index contributed by atoms with van der Waals surface area (Å²) in [5.74, 6) is 0.467. The first-order chi connectivity index (χ1) is 15.7. The molecule has 0 unspecified atom stereocenters. The highest BCUT2D eigenvalue weighted by Crippen LogP contribution is 2.26. The molecule has 1 aliphatic rings. The number of phenols is 1. The minimum absolute atomic E-state index is 0.0314. The zero-order valence-corrected chi connectivity index (χ0v) is 17.4. The number of benzene rings is 3. The molecule has 0 aromatic heterocycles. The van der Waals surface area contributed by atoms with Crippen molar-refractivity contribution in [1.82, 2.24) is 5.01 Å². The van der Waals surface area contributed by atoms with Crippen LogP contribution in [-0.4, -0.2) is 35.2 Å². The first kappa shape index (κ1) is 20.8. The van der Waals surface area contributed by atoms with Crippen LogP contribution in [0.5, 0.6) is 11.5 Å². The van der Waals surface area contributed by atoms with E-state index in [0.29, 0.717) is 17.1 Å². The molecule has 0 saturated heterocycles. The van der Waals surface area contributed by atoms with Crippen LogP contribution in [0.15, 0.2) is 107 Å². The number of amides is 1. The number of aromatic hydroxyl groups is 1. The van der Waals surface area contributed by atoms with Crippen LogP contribution in [0.1, 0.15) is 16.7 Å². The Morgan fingerprint density at radius 2 is 1.69 bits per heavy atom. The molecule has 0 bridgehead atoms. The summed E-state index contributed by atoms with van der Waals surface area (Å²) in [4.78, 5) is 17.6. The van der Waals surface area contributed by atoms with Gasteiger partial charge in [-0.3, -0.25) is 4.79 Å². The number of nitrogens with zero attached hydrogens (tertiary/aromatic N) is 3. The number of allylic oxidation sites excluding steroid dienone is 2. The minimum Gasteiger partial charge on any atom is -0.504 e. The number of aliphatic imine (C=N–C) groups is 1. The quantitative estimate of drug-likeness (QED) is 0.464. The van der Waals surface area contributed by atoms with E-state index in [2.05, 4.69) is 10.1 Å². The Morgan fingerprint density at radius 1 is 0.969 bits per heavy atom. The summed E-state index contributed by atoms with van der Waals surface area (Å²) < 4.78 is 5.13. The number of hydrogen-bond donors (Lipinski definition) is 1. The fourth-order valence-corrected chi connectivity index (χ4v) is 3.12. The Kier molecular flexibility index (Phi) is 6.22. The molecule has 1 N–H and O–H groups in total. The Bertz CT molecular complexity index is 1230. The topological polar surface area (TPSA) is 74.5 Å². The fourth-order valence-electron chi connectivity index (χ4n) is 3.12. The average molecular weight is 423 g/mol. The summed E-state index contributed by atoms with van der Waals surface area (Å²) in [5.41, 5.74) is 2.76. The summed E-state index contributed by atoms with van der Waals surface area (Å²) in [6.45, 7) is 0. The van der Waals surface area contributed by atoms with Gasteiger partial charge in [-0.1, -0.05) is 72.8 Å². The van der Waals surface area contributed by atoms with E-state index >= 15 is 0 Å². The van der Waals surface area contributed by atoms with Crippen molar-refractivity contribution in [3.05, 3.63) is 113 Å².